The van der Waals surface area contributed by atoms with E-state index in [1.54, 1.807) is 23.5 Å². The molecular formula is C22H27N3O4S. The van der Waals surface area contributed by atoms with E-state index in [0.29, 0.717) is 45.0 Å². The van der Waals surface area contributed by atoms with Crippen molar-refractivity contribution in [2.45, 2.75) is 38.7 Å². The summed E-state index contributed by atoms with van der Waals surface area (Å²) in [6.45, 7) is 6.98. The number of anilines is 1. The summed E-state index contributed by atoms with van der Waals surface area (Å²) >= 11 is 1.65. The molecule has 0 radical (unpaired) electrons. The third-order valence-corrected chi connectivity index (χ3v) is 7.00. The van der Waals surface area contributed by atoms with Crippen LogP contribution in [0.4, 0.5) is 5.82 Å². The first-order valence-electron chi connectivity index (χ1n) is 10.4. The van der Waals surface area contributed by atoms with E-state index < -0.39 is 5.97 Å². The smallest absolute Gasteiger partial charge is 0.339 e. The highest BCUT2D eigenvalue weighted by Gasteiger charge is 2.41. The van der Waals surface area contributed by atoms with Crippen LogP contribution in [0.2, 0.25) is 0 Å². The van der Waals surface area contributed by atoms with Gasteiger partial charge in [0.1, 0.15) is 11.4 Å². The lowest BCUT2D eigenvalue weighted by Gasteiger charge is -2.47. The van der Waals surface area contributed by atoms with Crippen molar-refractivity contribution in [3.63, 3.8) is 0 Å². The topological polar surface area (TPSA) is 83.0 Å². The first-order chi connectivity index (χ1) is 14.4. The van der Waals surface area contributed by atoms with Crippen LogP contribution in [0.15, 0.2) is 24.3 Å². The van der Waals surface area contributed by atoms with E-state index in [1.807, 2.05) is 35.8 Å². The van der Waals surface area contributed by atoms with Gasteiger partial charge in [-0.05, 0) is 44.0 Å². The van der Waals surface area contributed by atoms with Crippen LogP contribution in [0.3, 0.4) is 0 Å². The van der Waals surface area contributed by atoms with E-state index in [2.05, 4.69) is 0 Å². The number of rotatable bonds is 4. The van der Waals surface area contributed by atoms with Gasteiger partial charge < -0.3 is 19.6 Å². The first-order valence-corrected chi connectivity index (χ1v) is 11.2. The maximum absolute atomic E-state index is 12.0. The van der Waals surface area contributed by atoms with Crippen LogP contribution < -0.4 is 4.90 Å². The van der Waals surface area contributed by atoms with Crippen molar-refractivity contribution in [3.8, 4) is 10.6 Å². The van der Waals surface area contributed by atoms with Gasteiger partial charge in [0.05, 0.1) is 22.8 Å². The van der Waals surface area contributed by atoms with Crippen molar-refractivity contribution in [1.29, 1.82) is 0 Å². The van der Waals surface area contributed by atoms with Gasteiger partial charge in [-0.2, -0.15) is 0 Å². The van der Waals surface area contributed by atoms with E-state index in [1.165, 1.54) is 4.88 Å². The Bertz CT molecular complexity index is 950. The Labute approximate surface area is 180 Å². The Morgan fingerprint density at radius 3 is 2.60 bits per heavy atom. The minimum Gasteiger partial charge on any atom is -0.478 e. The zero-order valence-corrected chi connectivity index (χ0v) is 18.2. The number of carbonyl (C=O) groups excluding carboxylic acids is 1. The molecule has 0 aliphatic carbocycles. The monoisotopic (exact) mass is 429 g/mol. The number of carbonyl (C=O) groups is 2. The number of thiophene rings is 1. The lowest BCUT2D eigenvalue weighted by atomic mass is 9.89. The Morgan fingerprint density at radius 2 is 1.97 bits per heavy atom. The van der Waals surface area contributed by atoms with Gasteiger partial charge in [-0.3, -0.25) is 4.79 Å². The number of morpholine rings is 1. The number of piperidine rings is 1. The van der Waals surface area contributed by atoms with Gasteiger partial charge in [0.25, 0.3) is 0 Å². The number of aromatic nitrogens is 1. The lowest BCUT2D eigenvalue weighted by molar-refractivity contribution is -0.139. The maximum atomic E-state index is 12.0. The molecule has 2 aromatic heterocycles. The minimum atomic E-state index is -0.977. The zero-order chi connectivity index (χ0) is 21.3. The van der Waals surface area contributed by atoms with Crippen molar-refractivity contribution >= 4 is 29.0 Å². The van der Waals surface area contributed by atoms with Crippen LogP contribution in [0.1, 0.15) is 41.4 Å². The number of aromatic carboxylic acids is 1. The summed E-state index contributed by atoms with van der Waals surface area (Å²) in [4.78, 5) is 34.8. The number of ether oxygens (including phenoxy) is 1. The van der Waals surface area contributed by atoms with Crippen molar-refractivity contribution in [2.75, 3.05) is 37.7 Å². The van der Waals surface area contributed by atoms with Crippen molar-refractivity contribution < 1.29 is 19.4 Å². The van der Waals surface area contributed by atoms with Crippen LogP contribution in [0.25, 0.3) is 10.6 Å². The summed E-state index contributed by atoms with van der Waals surface area (Å²) in [5, 5.41) is 9.75. The second-order valence-electron chi connectivity index (χ2n) is 7.97. The summed E-state index contributed by atoms with van der Waals surface area (Å²) in [5.74, 6) is -0.303. The number of aryl methyl sites for hydroxylation is 1. The molecule has 2 aromatic rings. The number of likely N-dealkylation sites (tertiary alicyclic amines) is 1. The van der Waals surface area contributed by atoms with Crippen molar-refractivity contribution in [2.24, 2.45) is 0 Å². The molecule has 4 rings (SSSR count). The summed E-state index contributed by atoms with van der Waals surface area (Å²) in [6.07, 6.45) is 2.02. The Hall–Kier alpha value is -2.45. The zero-order valence-electron chi connectivity index (χ0n) is 17.4. The molecule has 0 atom stereocenters. The van der Waals surface area contributed by atoms with Gasteiger partial charge in [0, 0.05) is 37.5 Å². The fourth-order valence-corrected chi connectivity index (χ4v) is 5.12. The molecule has 0 saturated carbocycles. The molecule has 2 fully saturated rings. The fourth-order valence-electron chi connectivity index (χ4n) is 4.28. The third kappa shape index (κ3) is 4.06. The number of carboxylic acid groups (broad SMARTS) is 1. The number of hydrogen-bond donors (Lipinski definition) is 1. The second-order valence-corrected chi connectivity index (χ2v) is 9.26. The van der Waals surface area contributed by atoms with Crippen LogP contribution >= 0.6 is 11.3 Å². The Kier molecular flexibility index (Phi) is 5.79. The van der Waals surface area contributed by atoms with E-state index in [9.17, 15) is 14.7 Å². The normalized spacial score (nSPS) is 18.6. The molecule has 1 amide bonds. The van der Waals surface area contributed by atoms with Gasteiger partial charge in [-0.1, -0.05) is 6.92 Å². The summed E-state index contributed by atoms with van der Waals surface area (Å²) in [7, 11) is 0. The highest BCUT2D eigenvalue weighted by Crippen LogP contribution is 2.35. The molecule has 30 heavy (non-hydrogen) atoms. The van der Waals surface area contributed by atoms with Gasteiger partial charge in [-0.25, -0.2) is 9.78 Å². The molecule has 2 aliphatic heterocycles. The fraction of sp³-hybridized carbons (Fsp3) is 0.500. The van der Waals surface area contributed by atoms with Crippen molar-refractivity contribution in [1.82, 2.24) is 9.88 Å². The summed E-state index contributed by atoms with van der Waals surface area (Å²) < 4.78 is 6.19. The van der Waals surface area contributed by atoms with E-state index in [0.717, 1.165) is 23.4 Å². The minimum absolute atomic E-state index is 0.172. The molecule has 2 saturated heterocycles. The Balaban J connectivity index is 1.60. The van der Waals surface area contributed by atoms with Crippen molar-refractivity contribution in [3.05, 3.63) is 34.7 Å². The molecule has 0 unspecified atom stereocenters. The first kappa shape index (κ1) is 20.8. The highest BCUT2D eigenvalue weighted by atomic mass is 32.1. The lowest BCUT2D eigenvalue weighted by Crippen LogP contribution is -2.58. The predicted molar refractivity (Wildman–Crippen MR) is 116 cm³/mol. The van der Waals surface area contributed by atoms with Crippen LogP contribution in [0.5, 0.6) is 0 Å². The quantitative estimate of drug-likeness (QED) is 0.802. The molecule has 160 valence electrons. The van der Waals surface area contributed by atoms with Gasteiger partial charge >= 0.3 is 5.97 Å². The molecule has 2 aliphatic rings. The van der Waals surface area contributed by atoms with Gasteiger partial charge in [-0.15, -0.1) is 11.3 Å². The standard InChI is InChI=1S/C22H27N3O4S/c1-3-19(26)24-10-8-22(9-11-24)14-25(12-13-29-22)20-16(21(27)28)5-6-17(23-20)18-7-4-15(2)30-18/h4-7H,3,8-14H2,1-2H3,(H,27,28). The molecule has 1 N–H and O–H groups in total. The number of pyridine rings is 1. The molecule has 7 nitrogen and oxygen atoms in total. The van der Waals surface area contributed by atoms with E-state index >= 15 is 0 Å². The molecule has 0 aromatic carbocycles. The predicted octanol–water partition coefficient (Wildman–Crippen LogP) is 3.42. The number of carboxylic acids is 1. The van der Waals surface area contributed by atoms with E-state index in [4.69, 9.17) is 9.72 Å². The largest absolute Gasteiger partial charge is 0.478 e. The van der Waals surface area contributed by atoms with Gasteiger partial charge in [0.2, 0.25) is 5.91 Å². The molecule has 0 bridgehead atoms. The molecule has 8 heteroatoms. The third-order valence-electron chi connectivity index (χ3n) is 5.98. The molecule has 1 spiro atoms. The number of amides is 1. The SMILES string of the molecule is CCC(=O)N1CCC2(CC1)CN(c1nc(-c3ccc(C)s3)ccc1C(=O)O)CCO2. The summed E-state index contributed by atoms with van der Waals surface area (Å²) in [6, 6.07) is 7.50. The number of nitrogens with zero attached hydrogens (tertiary/aromatic N) is 3. The Morgan fingerprint density at radius 1 is 1.20 bits per heavy atom. The molecule has 4 heterocycles. The van der Waals surface area contributed by atoms with E-state index in [-0.39, 0.29) is 17.1 Å². The summed E-state index contributed by atoms with van der Waals surface area (Å²) in [5.41, 5.74) is 0.634. The molecular weight excluding hydrogens is 402 g/mol. The van der Waals surface area contributed by atoms with Gasteiger partial charge in [0.15, 0.2) is 0 Å². The average Bonchev–Trinajstić information content (AvgIpc) is 3.19. The maximum Gasteiger partial charge on any atom is 0.339 e. The van der Waals surface area contributed by atoms with Crippen LogP contribution in [-0.4, -0.2) is 65.3 Å². The average molecular weight is 430 g/mol. The second kappa shape index (κ2) is 8.35. The van der Waals surface area contributed by atoms with Crippen LogP contribution in [0, 0.1) is 6.92 Å². The van der Waals surface area contributed by atoms with Crippen LogP contribution in [-0.2, 0) is 9.53 Å². The highest BCUT2D eigenvalue weighted by molar-refractivity contribution is 7.15. The number of hydrogen-bond acceptors (Lipinski definition) is 6.